The molecule has 3 N–H and O–H groups in total. The van der Waals surface area contributed by atoms with Crippen LogP contribution in [0.15, 0.2) is 12.2 Å². The minimum atomic E-state index is 0. The van der Waals surface area contributed by atoms with Crippen molar-refractivity contribution in [1.82, 2.24) is 6.15 Å². The summed E-state index contributed by atoms with van der Waals surface area (Å²) in [5.74, 6) is 0. The van der Waals surface area contributed by atoms with Gasteiger partial charge in [-0.2, -0.15) is 0 Å². The number of rotatable bonds is 0. The van der Waals surface area contributed by atoms with E-state index in [0.717, 1.165) is 0 Å². The second-order valence-electron chi connectivity index (χ2n) is 1.21. The first-order valence-corrected chi connectivity index (χ1v) is 1.35. The van der Waals surface area contributed by atoms with E-state index in [4.69, 9.17) is 0 Å². The molecule has 0 spiro atoms. The van der Waals surface area contributed by atoms with Crippen molar-refractivity contribution in [3.8, 4) is 0 Å². The Bertz CT molecular complexity index is 30.5. The maximum atomic E-state index is 3.56. The van der Waals surface area contributed by atoms with E-state index < -0.39 is 0 Å². The smallest absolute Gasteiger partial charge is 0.0445 e. The Hall–Kier alpha value is -0.0100. The summed E-state index contributed by atoms with van der Waals surface area (Å²) in [5.41, 5.74) is 1.17. The molecule has 0 aliphatic carbocycles. The predicted octanol–water partition coefficient (Wildman–Crippen LogP) is 2.17. The van der Waals surface area contributed by atoms with Crippen molar-refractivity contribution >= 4 is 12.4 Å². The van der Waals surface area contributed by atoms with E-state index in [1.54, 1.807) is 0 Å². The summed E-state index contributed by atoms with van der Waals surface area (Å²) in [6.07, 6.45) is 0. The average Bonchev–Trinajstić information content (AvgIpc) is 0.811. The molecular formula is C4H12ClN. The number of hydrogen-bond acceptors (Lipinski definition) is 1. The van der Waals surface area contributed by atoms with Crippen molar-refractivity contribution in [2.24, 2.45) is 0 Å². The van der Waals surface area contributed by atoms with Crippen LogP contribution in [-0.2, 0) is 0 Å². The van der Waals surface area contributed by atoms with Gasteiger partial charge in [0.15, 0.2) is 0 Å². The van der Waals surface area contributed by atoms with Crippen LogP contribution in [0.2, 0.25) is 0 Å². The molecule has 0 amide bonds. The lowest BCUT2D eigenvalue weighted by atomic mass is 10.4. The second-order valence-corrected chi connectivity index (χ2v) is 1.21. The molecular weight excluding hydrogens is 97.5 g/mol. The van der Waals surface area contributed by atoms with E-state index in [9.17, 15) is 0 Å². The molecule has 0 unspecified atom stereocenters. The standard InChI is InChI=1S/C4H8.ClH.H3N/c1-4(2)3;;/h1H2,2-3H3;1H;1H3. The Labute approximate surface area is 45.4 Å². The molecule has 0 rings (SSSR count). The molecule has 1 nitrogen and oxygen atoms in total. The third kappa shape index (κ3) is 357000. The van der Waals surface area contributed by atoms with Crippen molar-refractivity contribution in [1.29, 1.82) is 0 Å². The van der Waals surface area contributed by atoms with E-state index >= 15 is 0 Å². The molecule has 0 radical (unpaired) electrons. The summed E-state index contributed by atoms with van der Waals surface area (Å²) in [5, 5.41) is 0. The van der Waals surface area contributed by atoms with Crippen molar-refractivity contribution in [2.45, 2.75) is 13.8 Å². The SMILES string of the molecule is C=C(C)C.Cl.N. The number of allylic oxidation sites excluding steroid dienone is 1. The summed E-state index contributed by atoms with van der Waals surface area (Å²) in [4.78, 5) is 0. The molecule has 0 aromatic rings. The van der Waals surface area contributed by atoms with Gasteiger partial charge in [-0.1, -0.05) is 5.57 Å². The van der Waals surface area contributed by atoms with Crippen LogP contribution in [0.4, 0.5) is 0 Å². The normalized spacial score (nSPS) is 4.33. The maximum absolute atomic E-state index is 3.56. The Kier molecular flexibility index (Phi) is 24.7. The van der Waals surface area contributed by atoms with Gasteiger partial charge in [-0.15, -0.1) is 19.0 Å². The van der Waals surface area contributed by atoms with E-state index in [0.29, 0.717) is 0 Å². The van der Waals surface area contributed by atoms with Crippen LogP contribution in [0.25, 0.3) is 0 Å². The first kappa shape index (κ1) is 16.7. The van der Waals surface area contributed by atoms with Crippen LogP contribution in [-0.4, -0.2) is 0 Å². The number of hydrogen-bond donors (Lipinski definition) is 1. The predicted molar refractivity (Wildman–Crippen MR) is 32.8 cm³/mol. The highest BCUT2D eigenvalue weighted by molar-refractivity contribution is 5.85. The molecule has 40 valence electrons. The van der Waals surface area contributed by atoms with Crippen LogP contribution in [0.5, 0.6) is 0 Å². The van der Waals surface area contributed by atoms with Gasteiger partial charge in [-0.05, 0) is 13.8 Å². The van der Waals surface area contributed by atoms with Gasteiger partial charge in [-0.25, -0.2) is 0 Å². The highest BCUT2D eigenvalue weighted by Crippen LogP contribution is 1.73. The Balaban J connectivity index is -0.0000000450. The zero-order chi connectivity index (χ0) is 3.58. The summed E-state index contributed by atoms with van der Waals surface area (Å²) in [6.45, 7) is 7.50. The van der Waals surface area contributed by atoms with Crippen LogP contribution >= 0.6 is 12.4 Å². The van der Waals surface area contributed by atoms with Crippen molar-refractivity contribution < 1.29 is 0 Å². The summed E-state index contributed by atoms with van der Waals surface area (Å²) >= 11 is 0. The molecule has 0 aromatic heterocycles. The fourth-order valence-electron chi connectivity index (χ4n) is 0. The van der Waals surface area contributed by atoms with E-state index in [1.807, 2.05) is 13.8 Å². The third-order valence-electron chi connectivity index (χ3n) is 0. The molecule has 0 saturated carbocycles. The van der Waals surface area contributed by atoms with E-state index in [2.05, 4.69) is 6.58 Å². The first-order valence-electron chi connectivity index (χ1n) is 1.35. The van der Waals surface area contributed by atoms with Crippen molar-refractivity contribution in [2.75, 3.05) is 0 Å². The van der Waals surface area contributed by atoms with Crippen LogP contribution in [0.3, 0.4) is 0 Å². The largest absolute Gasteiger partial charge is 0.344 e. The minimum Gasteiger partial charge on any atom is -0.344 e. The van der Waals surface area contributed by atoms with Gasteiger partial charge in [-0.3, -0.25) is 0 Å². The third-order valence-corrected chi connectivity index (χ3v) is 0. The molecule has 2 heteroatoms. The zero-order valence-electron chi connectivity index (χ0n) is 4.32. The molecule has 0 heterocycles. The Morgan fingerprint density at radius 3 is 1.33 bits per heavy atom. The highest BCUT2D eigenvalue weighted by atomic mass is 35.5. The lowest BCUT2D eigenvalue weighted by Gasteiger charge is -1.65. The lowest BCUT2D eigenvalue weighted by Crippen LogP contribution is -1.43. The molecule has 0 aliphatic heterocycles. The van der Waals surface area contributed by atoms with E-state index in [1.165, 1.54) is 5.57 Å². The topological polar surface area (TPSA) is 35.0 Å². The second kappa shape index (κ2) is 8.89. The molecule has 0 saturated heterocycles. The summed E-state index contributed by atoms with van der Waals surface area (Å²) < 4.78 is 0. The zero-order valence-corrected chi connectivity index (χ0v) is 5.14. The minimum absolute atomic E-state index is 0. The Morgan fingerprint density at radius 2 is 1.33 bits per heavy atom. The number of halogens is 1. The molecule has 0 bridgehead atoms. The highest BCUT2D eigenvalue weighted by Gasteiger charge is 1.51. The fraction of sp³-hybridized carbons (Fsp3) is 0.500. The Morgan fingerprint density at radius 1 is 1.33 bits per heavy atom. The average molecular weight is 110 g/mol. The van der Waals surface area contributed by atoms with Gasteiger partial charge in [0.1, 0.15) is 0 Å². The van der Waals surface area contributed by atoms with Gasteiger partial charge in [0.05, 0.1) is 0 Å². The monoisotopic (exact) mass is 109 g/mol. The van der Waals surface area contributed by atoms with E-state index in [-0.39, 0.29) is 18.6 Å². The summed E-state index contributed by atoms with van der Waals surface area (Å²) in [7, 11) is 0. The van der Waals surface area contributed by atoms with Crippen molar-refractivity contribution in [3.63, 3.8) is 0 Å². The van der Waals surface area contributed by atoms with Crippen LogP contribution < -0.4 is 6.15 Å². The van der Waals surface area contributed by atoms with Gasteiger partial charge in [0, 0.05) is 0 Å². The van der Waals surface area contributed by atoms with Crippen LogP contribution in [0, 0.1) is 0 Å². The lowest BCUT2D eigenvalue weighted by molar-refractivity contribution is 1.42. The maximum Gasteiger partial charge on any atom is -0.0445 e. The van der Waals surface area contributed by atoms with Gasteiger partial charge in [0.25, 0.3) is 0 Å². The fourth-order valence-corrected chi connectivity index (χ4v) is 0. The van der Waals surface area contributed by atoms with Crippen molar-refractivity contribution in [3.05, 3.63) is 12.2 Å². The van der Waals surface area contributed by atoms with Gasteiger partial charge < -0.3 is 6.15 Å². The molecule has 0 atom stereocenters. The van der Waals surface area contributed by atoms with Crippen LogP contribution in [0.1, 0.15) is 13.8 Å². The molecule has 0 fully saturated rings. The van der Waals surface area contributed by atoms with Gasteiger partial charge >= 0.3 is 0 Å². The summed E-state index contributed by atoms with van der Waals surface area (Å²) in [6, 6.07) is 0. The first-order chi connectivity index (χ1) is 1.73. The molecule has 0 aromatic carbocycles. The molecule has 6 heavy (non-hydrogen) atoms. The quantitative estimate of drug-likeness (QED) is 0.476. The molecule has 0 aliphatic rings. The van der Waals surface area contributed by atoms with Gasteiger partial charge in [0.2, 0.25) is 0 Å².